The average molecular weight is 369 g/mol. The molecule has 0 spiro atoms. The van der Waals surface area contributed by atoms with Crippen LogP contribution in [0.25, 0.3) is 5.69 Å². The van der Waals surface area contributed by atoms with Gasteiger partial charge in [-0.05, 0) is 44.9 Å². The fourth-order valence-electron chi connectivity index (χ4n) is 4.37. The summed E-state index contributed by atoms with van der Waals surface area (Å²) in [6.07, 6.45) is 3.13. The fraction of sp³-hybridized carbons (Fsp3) is 0.526. The molecule has 8 heteroatoms. The van der Waals surface area contributed by atoms with Gasteiger partial charge >= 0.3 is 0 Å². The van der Waals surface area contributed by atoms with Crippen LogP contribution in [-0.2, 0) is 0 Å². The van der Waals surface area contributed by atoms with Crippen molar-refractivity contribution in [3.63, 3.8) is 0 Å². The van der Waals surface area contributed by atoms with Gasteiger partial charge in [-0.15, -0.1) is 5.10 Å². The van der Waals surface area contributed by atoms with Crippen LogP contribution in [0, 0.1) is 6.92 Å². The van der Waals surface area contributed by atoms with Crippen molar-refractivity contribution in [1.29, 1.82) is 0 Å². The number of nitrogens with one attached hydrogen (secondary N) is 1. The molecule has 2 fully saturated rings. The summed E-state index contributed by atoms with van der Waals surface area (Å²) in [4.78, 5) is 15.3. The van der Waals surface area contributed by atoms with E-state index < -0.39 is 0 Å². The van der Waals surface area contributed by atoms with Crippen molar-refractivity contribution in [2.45, 2.75) is 38.3 Å². The standard InChI is InChI=1S/C19H23N5O3/c1-12-18(19(25)23-13-2-3-15(23)11-20-7-6-13)21-22-24(12)14-4-5-16-17(10-14)27-9-8-26-16/h4-5,10,13,15,20H,2-3,6-9,11H2,1H3. The minimum atomic E-state index is -0.00695. The predicted molar refractivity (Wildman–Crippen MR) is 97.6 cm³/mol. The first kappa shape index (κ1) is 16.6. The average Bonchev–Trinajstić information content (AvgIpc) is 3.19. The second-order valence-corrected chi connectivity index (χ2v) is 7.35. The van der Waals surface area contributed by atoms with Gasteiger partial charge in [-0.3, -0.25) is 4.79 Å². The highest BCUT2D eigenvalue weighted by Crippen LogP contribution is 2.33. The first-order valence-corrected chi connectivity index (χ1v) is 9.58. The highest BCUT2D eigenvalue weighted by Gasteiger charge is 2.40. The third-order valence-corrected chi connectivity index (χ3v) is 5.76. The van der Waals surface area contributed by atoms with Gasteiger partial charge in [0.2, 0.25) is 0 Å². The van der Waals surface area contributed by atoms with Crippen LogP contribution in [0.1, 0.15) is 35.4 Å². The smallest absolute Gasteiger partial charge is 0.276 e. The SMILES string of the molecule is Cc1c(C(=O)N2C3CCNCC2CC3)nnn1-c1ccc2c(c1)OCCO2. The van der Waals surface area contributed by atoms with Gasteiger partial charge in [0.05, 0.1) is 11.4 Å². The Morgan fingerprint density at radius 1 is 1.15 bits per heavy atom. The summed E-state index contributed by atoms with van der Waals surface area (Å²) in [7, 11) is 0. The lowest BCUT2D eigenvalue weighted by molar-refractivity contribution is 0.0673. The van der Waals surface area contributed by atoms with Gasteiger partial charge in [0.15, 0.2) is 17.2 Å². The Bertz CT molecular complexity index is 866. The molecule has 1 N–H and O–H groups in total. The lowest BCUT2D eigenvalue weighted by atomic mass is 10.1. The van der Waals surface area contributed by atoms with Crippen molar-refractivity contribution in [3.8, 4) is 17.2 Å². The molecule has 1 amide bonds. The Hall–Kier alpha value is -2.61. The minimum Gasteiger partial charge on any atom is -0.486 e. The van der Waals surface area contributed by atoms with Gasteiger partial charge in [-0.25, -0.2) is 4.68 Å². The van der Waals surface area contributed by atoms with E-state index in [1.807, 2.05) is 30.0 Å². The molecule has 3 aliphatic heterocycles. The molecule has 27 heavy (non-hydrogen) atoms. The Labute approximate surface area is 157 Å². The monoisotopic (exact) mass is 369 g/mol. The van der Waals surface area contributed by atoms with Gasteiger partial charge in [0.25, 0.3) is 5.91 Å². The highest BCUT2D eigenvalue weighted by atomic mass is 16.6. The molecule has 2 atom stereocenters. The molecule has 0 saturated carbocycles. The summed E-state index contributed by atoms with van der Waals surface area (Å²) in [6.45, 7) is 4.80. The largest absolute Gasteiger partial charge is 0.486 e. The van der Waals surface area contributed by atoms with Crippen LogP contribution in [0.15, 0.2) is 18.2 Å². The van der Waals surface area contributed by atoms with Crippen molar-refractivity contribution in [3.05, 3.63) is 29.6 Å². The molecular formula is C19H23N5O3. The van der Waals surface area contributed by atoms with Gasteiger partial charge in [0, 0.05) is 24.7 Å². The topological polar surface area (TPSA) is 81.5 Å². The second-order valence-electron chi connectivity index (χ2n) is 7.35. The van der Waals surface area contributed by atoms with E-state index in [9.17, 15) is 4.79 Å². The van der Waals surface area contributed by atoms with E-state index in [1.54, 1.807) is 4.68 Å². The molecule has 1 aromatic heterocycles. The number of carbonyl (C=O) groups excluding carboxylic acids is 1. The summed E-state index contributed by atoms with van der Waals surface area (Å²) in [6, 6.07) is 6.21. The van der Waals surface area contributed by atoms with E-state index in [1.165, 1.54) is 0 Å². The quantitative estimate of drug-likeness (QED) is 0.860. The zero-order valence-electron chi connectivity index (χ0n) is 15.4. The van der Waals surface area contributed by atoms with Crippen LogP contribution in [-0.4, -0.2) is 64.2 Å². The van der Waals surface area contributed by atoms with Crippen LogP contribution >= 0.6 is 0 Å². The fourth-order valence-corrected chi connectivity index (χ4v) is 4.37. The van der Waals surface area contributed by atoms with Crippen LogP contribution < -0.4 is 14.8 Å². The molecule has 0 radical (unpaired) electrons. The molecule has 8 nitrogen and oxygen atoms in total. The van der Waals surface area contributed by atoms with E-state index in [0.29, 0.717) is 30.7 Å². The zero-order chi connectivity index (χ0) is 18.4. The molecule has 1 aromatic carbocycles. The number of carbonyl (C=O) groups is 1. The normalized spacial score (nSPS) is 24.0. The van der Waals surface area contributed by atoms with E-state index in [0.717, 1.165) is 49.5 Å². The molecule has 2 saturated heterocycles. The number of hydrogen-bond donors (Lipinski definition) is 1. The molecule has 2 bridgehead atoms. The summed E-state index contributed by atoms with van der Waals surface area (Å²) >= 11 is 0. The first-order valence-electron chi connectivity index (χ1n) is 9.58. The first-order chi connectivity index (χ1) is 13.2. The van der Waals surface area contributed by atoms with Crippen molar-refractivity contribution in [2.24, 2.45) is 0 Å². The van der Waals surface area contributed by atoms with Crippen LogP contribution in [0.4, 0.5) is 0 Å². The van der Waals surface area contributed by atoms with Gasteiger partial charge in [0.1, 0.15) is 13.2 Å². The van der Waals surface area contributed by atoms with Crippen molar-refractivity contribution in [1.82, 2.24) is 25.2 Å². The summed E-state index contributed by atoms with van der Waals surface area (Å²) in [5, 5.41) is 11.9. The zero-order valence-corrected chi connectivity index (χ0v) is 15.4. The van der Waals surface area contributed by atoms with Gasteiger partial charge < -0.3 is 19.7 Å². The van der Waals surface area contributed by atoms with E-state index >= 15 is 0 Å². The Kier molecular flexibility index (Phi) is 4.00. The third-order valence-electron chi connectivity index (χ3n) is 5.76. The second kappa shape index (κ2) is 6.53. The number of aromatic nitrogens is 3. The third kappa shape index (κ3) is 2.75. The molecule has 2 aromatic rings. The number of ether oxygens (including phenoxy) is 2. The van der Waals surface area contributed by atoms with Crippen molar-refractivity contribution >= 4 is 5.91 Å². The van der Waals surface area contributed by atoms with Crippen molar-refractivity contribution < 1.29 is 14.3 Å². The van der Waals surface area contributed by atoms with Crippen molar-refractivity contribution in [2.75, 3.05) is 26.3 Å². The summed E-state index contributed by atoms with van der Waals surface area (Å²) in [5.41, 5.74) is 1.99. The number of benzene rings is 1. The molecule has 0 aliphatic carbocycles. The highest BCUT2D eigenvalue weighted by molar-refractivity contribution is 5.94. The summed E-state index contributed by atoms with van der Waals surface area (Å²) < 4.78 is 12.9. The van der Waals surface area contributed by atoms with Gasteiger partial charge in [-0.1, -0.05) is 5.21 Å². The van der Waals surface area contributed by atoms with Crippen LogP contribution in [0.3, 0.4) is 0 Å². The number of nitrogens with zero attached hydrogens (tertiary/aromatic N) is 4. The predicted octanol–water partition coefficient (Wildman–Crippen LogP) is 1.31. The Balaban J connectivity index is 1.46. The number of rotatable bonds is 2. The van der Waals surface area contributed by atoms with E-state index in [4.69, 9.17) is 9.47 Å². The molecular weight excluding hydrogens is 346 g/mol. The molecule has 142 valence electrons. The number of fused-ring (bicyclic) bond motifs is 3. The molecule has 3 aliphatic rings. The van der Waals surface area contributed by atoms with Crippen LogP contribution in [0.2, 0.25) is 0 Å². The van der Waals surface area contributed by atoms with E-state index in [-0.39, 0.29) is 11.9 Å². The maximum absolute atomic E-state index is 13.2. The lowest BCUT2D eigenvalue weighted by Gasteiger charge is -2.27. The molecule has 5 rings (SSSR count). The number of amides is 1. The lowest BCUT2D eigenvalue weighted by Crippen LogP contribution is -2.43. The Morgan fingerprint density at radius 3 is 2.85 bits per heavy atom. The maximum atomic E-state index is 13.2. The molecule has 4 heterocycles. The molecule has 2 unspecified atom stereocenters. The minimum absolute atomic E-state index is 0.00695. The Morgan fingerprint density at radius 2 is 1.96 bits per heavy atom. The number of hydrogen-bond acceptors (Lipinski definition) is 6. The van der Waals surface area contributed by atoms with Gasteiger partial charge in [-0.2, -0.15) is 0 Å². The van der Waals surface area contributed by atoms with E-state index in [2.05, 4.69) is 15.6 Å². The van der Waals surface area contributed by atoms with Crippen LogP contribution in [0.5, 0.6) is 11.5 Å². The maximum Gasteiger partial charge on any atom is 0.276 e. The summed E-state index contributed by atoms with van der Waals surface area (Å²) in [5.74, 6) is 1.42.